The third-order valence-corrected chi connectivity index (χ3v) is 5.28. The number of fused-ring (bicyclic) bond motifs is 1. The zero-order chi connectivity index (χ0) is 16.4. The molecule has 3 atom stereocenters. The van der Waals surface area contributed by atoms with E-state index in [1.165, 1.54) is 17.5 Å². The Morgan fingerprint density at radius 2 is 1.88 bits per heavy atom. The highest BCUT2D eigenvalue weighted by Crippen LogP contribution is 2.37. The van der Waals surface area contributed by atoms with E-state index in [9.17, 15) is 0 Å². The van der Waals surface area contributed by atoms with E-state index in [0.717, 1.165) is 43.7 Å². The fourth-order valence-electron chi connectivity index (χ4n) is 3.88. The topological polar surface area (TPSA) is 44.5 Å². The summed E-state index contributed by atoms with van der Waals surface area (Å²) in [6, 6.07) is 16.7. The highest BCUT2D eigenvalue weighted by atomic mass is 35.5. The molecular formula is C21H26ClNO2. The standard InChI is InChI=1S/C21H25NO2.ClH/c22-14-15-6-8-18(12-15)23-19-9-11-21-17(13-19)7-10-20(24-21)16-4-2-1-3-5-16;/h1-5,9,11,13,15,18,20H,6-8,10,12,14,22H2;1H. The largest absolute Gasteiger partial charge is 0.490 e. The molecule has 1 aliphatic heterocycles. The molecule has 0 radical (unpaired) electrons. The number of aryl methyl sites for hydroxylation is 1. The summed E-state index contributed by atoms with van der Waals surface area (Å²) in [7, 11) is 0. The predicted octanol–water partition coefficient (Wildman–Crippen LogP) is 4.68. The lowest BCUT2D eigenvalue weighted by molar-refractivity contribution is 0.174. The molecule has 4 heteroatoms. The summed E-state index contributed by atoms with van der Waals surface area (Å²) in [6.07, 6.45) is 5.91. The van der Waals surface area contributed by atoms with Crippen LogP contribution < -0.4 is 15.2 Å². The smallest absolute Gasteiger partial charge is 0.124 e. The van der Waals surface area contributed by atoms with Crippen molar-refractivity contribution in [2.75, 3.05) is 6.54 Å². The first kappa shape index (κ1) is 18.1. The Hall–Kier alpha value is -1.71. The van der Waals surface area contributed by atoms with Crippen molar-refractivity contribution in [1.29, 1.82) is 0 Å². The first-order valence-corrected chi connectivity index (χ1v) is 9.03. The average Bonchev–Trinajstić information content (AvgIpc) is 3.09. The fraction of sp³-hybridized carbons (Fsp3) is 0.429. The number of rotatable bonds is 4. The molecular weight excluding hydrogens is 334 g/mol. The van der Waals surface area contributed by atoms with E-state index < -0.39 is 0 Å². The summed E-state index contributed by atoms with van der Waals surface area (Å²) in [5, 5.41) is 0. The van der Waals surface area contributed by atoms with E-state index in [2.05, 4.69) is 36.4 Å². The highest BCUT2D eigenvalue weighted by Gasteiger charge is 2.26. The van der Waals surface area contributed by atoms with Crippen molar-refractivity contribution in [1.82, 2.24) is 0 Å². The maximum absolute atomic E-state index is 6.21. The number of halogens is 1. The normalized spacial score (nSPS) is 24.8. The molecule has 1 aliphatic carbocycles. The molecule has 3 unspecified atom stereocenters. The lowest BCUT2D eigenvalue weighted by Gasteiger charge is -2.27. The molecule has 0 bridgehead atoms. The Balaban J connectivity index is 0.00000182. The van der Waals surface area contributed by atoms with Crippen LogP contribution in [0.5, 0.6) is 11.5 Å². The van der Waals surface area contributed by atoms with Crippen LogP contribution in [0.1, 0.15) is 42.9 Å². The van der Waals surface area contributed by atoms with Crippen molar-refractivity contribution in [3.8, 4) is 11.5 Å². The van der Waals surface area contributed by atoms with Gasteiger partial charge in [0.1, 0.15) is 17.6 Å². The van der Waals surface area contributed by atoms with Crippen LogP contribution in [0.2, 0.25) is 0 Å². The van der Waals surface area contributed by atoms with E-state index in [4.69, 9.17) is 15.2 Å². The monoisotopic (exact) mass is 359 g/mol. The van der Waals surface area contributed by atoms with E-state index in [1.807, 2.05) is 12.1 Å². The van der Waals surface area contributed by atoms with Gasteiger partial charge in [0.25, 0.3) is 0 Å². The van der Waals surface area contributed by atoms with Gasteiger partial charge in [-0.05, 0) is 73.9 Å². The van der Waals surface area contributed by atoms with Gasteiger partial charge in [-0.15, -0.1) is 12.4 Å². The molecule has 2 N–H and O–H groups in total. The number of ether oxygens (including phenoxy) is 2. The van der Waals surface area contributed by atoms with Crippen molar-refractivity contribution >= 4 is 12.4 Å². The van der Waals surface area contributed by atoms with Crippen molar-refractivity contribution in [2.45, 2.75) is 44.3 Å². The molecule has 3 nitrogen and oxygen atoms in total. The van der Waals surface area contributed by atoms with Crippen LogP contribution in [0.25, 0.3) is 0 Å². The molecule has 0 amide bonds. The number of nitrogens with two attached hydrogens (primary N) is 1. The van der Waals surface area contributed by atoms with Gasteiger partial charge in [0.2, 0.25) is 0 Å². The highest BCUT2D eigenvalue weighted by molar-refractivity contribution is 5.85. The summed E-state index contributed by atoms with van der Waals surface area (Å²) in [5.41, 5.74) is 8.28. The molecule has 0 aromatic heterocycles. The van der Waals surface area contributed by atoms with Crippen molar-refractivity contribution in [3.63, 3.8) is 0 Å². The summed E-state index contributed by atoms with van der Waals surface area (Å²) < 4.78 is 12.4. The van der Waals surface area contributed by atoms with E-state index >= 15 is 0 Å². The molecule has 134 valence electrons. The maximum Gasteiger partial charge on any atom is 0.124 e. The molecule has 1 saturated carbocycles. The first-order valence-electron chi connectivity index (χ1n) is 9.03. The summed E-state index contributed by atoms with van der Waals surface area (Å²) in [5.74, 6) is 2.59. The molecule has 25 heavy (non-hydrogen) atoms. The molecule has 0 spiro atoms. The summed E-state index contributed by atoms with van der Waals surface area (Å²) in [6.45, 7) is 0.777. The first-order chi connectivity index (χ1) is 11.8. The quantitative estimate of drug-likeness (QED) is 0.861. The van der Waals surface area contributed by atoms with Crippen LogP contribution in [0.4, 0.5) is 0 Å². The second kappa shape index (κ2) is 8.11. The molecule has 2 aromatic carbocycles. The minimum absolute atomic E-state index is 0. The summed E-state index contributed by atoms with van der Waals surface area (Å²) in [4.78, 5) is 0. The molecule has 1 fully saturated rings. The second-order valence-corrected chi connectivity index (χ2v) is 6.98. The number of benzene rings is 2. The maximum atomic E-state index is 6.21. The molecule has 1 heterocycles. The Bertz CT molecular complexity index is 692. The van der Waals surface area contributed by atoms with Gasteiger partial charge < -0.3 is 15.2 Å². The third kappa shape index (κ3) is 4.10. The molecule has 2 aromatic rings. The van der Waals surface area contributed by atoms with Crippen LogP contribution in [0.15, 0.2) is 48.5 Å². The fourth-order valence-corrected chi connectivity index (χ4v) is 3.88. The van der Waals surface area contributed by atoms with Gasteiger partial charge in [0, 0.05) is 0 Å². The predicted molar refractivity (Wildman–Crippen MR) is 103 cm³/mol. The SMILES string of the molecule is Cl.NCC1CCC(Oc2ccc3c(c2)CCC(c2ccccc2)O3)C1. The van der Waals surface area contributed by atoms with Crippen molar-refractivity contribution < 1.29 is 9.47 Å². The Morgan fingerprint density at radius 3 is 2.64 bits per heavy atom. The Kier molecular flexibility index (Phi) is 5.87. The lowest BCUT2D eigenvalue weighted by Crippen LogP contribution is -2.17. The zero-order valence-electron chi connectivity index (χ0n) is 14.4. The zero-order valence-corrected chi connectivity index (χ0v) is 15.2. The van der Waals surface area contributed by atoms with Gasteiger partial charge in [-0.25, -0.2) is 0 Å². The Morgan fingerprint density at radius 1 is 1.04 bits per heavy atom. The van der Waals surface area contributed by atoms with Crippen molar-refractivity contribution in [3.05, 3.63) is 59.7 Å². The van der Waals surface area contributed by atoms with Gasteiger partial charge in [-0.2, -0.15) is 0 Å². The number of hydrogen-bond acceptors (Lipinski definition) is 3. The number of hydrogen-bond donors (Lipinski definition) is 1. The molecule has 4 rings (SSSR count). The van der Waals surface area contributed by atoms with E-state index in [0.29, 0.717) is 12.0 Å². The van der Waals surface area contributed by atoms with E-state index in [1.54, 1.807) is 0 Å². The van der Waals surface area contributed by atoms with Gasteiger partial charge in [0.15, 0.2) is 0 Å². The minimum atomic E-state index is 0. The van der Waals surface area contributed by atoms with Crippen LogP contribution in [-0.2, 0) is 6.42 Å². The Labute approximate surface area is 155 Å². The minimum Gasteiger partial charge on any atom is -0.490 e. The van der Waals surface area contributed by atoms with Crippen LogP contribution in [0, 0.1) is 5.92 Å². The summed E-state index contributed by atoms with van der Waals surface area (Å²) >= 11 is 0. The average molecular weight is 360 g/mol. The van der Waals surface area contributed by atoms with Gasteiger partial charge >= 0.3 is 0 Å². The molecule has 0 saturated heterocycles. The van der Waals surface area contributed by atoms with Crippen LogP contribution in [-0.4, -0.2) is 12.6 Å². The van der Waals surface area contributed by atoms with E-state index in [-0.39, 0.29) is 18.5 Å². The molecule has 2 aliphatic rings. The van der Waals surface area contributed by atoms with Crippen LogP contribution >= 0.6 is 12.4 Å². The van der Waals surface area contributed by atoms with Crippen molar-refractivity contribution in [2.24, 2.45) is 11.7 Å². The lowest BCUT2D eigenvalue weighted by atomic mass is 9.97. The second-order valence-electron chi connectivity index (χ2n) is 6.98. The van der Waals surface area contributed by atoms with Gasteiger partial charge in [-0.1, -0.05) is 30.3 Å². The van der Waals surface area contributed by atoms with Crippen LogP contribution in [0.3, 0.4) is 0 Å². The third-order valence-electron chi connectivity index (χ3n) is 5.28. The van der Waals surface area contributed by atoms with Gasteiger partial charge in [-0.3, -0.25) is 0 Å². The van der Waals surface area contributed by atoms with Gasteiger partial charge in [0.05, 0.1) is 6.10 Å².